The van der Waals surface area contributed by atoms with Crippen LogP contribution in [-0.2, 0) is 28.9 Å². The monoisotopic (exact) mass is 494 g/mol. The van der Waals surface area contributed by atoms with Gasteiger partial charge in [-0.2, -0.15) is 0 Å². The number of tetrazole rings is 1. The molecule has 0 amide bonds. The summed E-state index contributed by atoms with van der Waals surface area (Å²) in [5, 5.41) is 14.4. The smallest absolute Gasteiger partial charge is 0.310 e. The first kappa shape index (κ1) is 24.4. The summed E-state index contributed by atoms with van der Waals surface area (Å²) in [5.41, 5.74) is 7.11. The van der Waals surface area contributed by atoms with Crippen LogP contribution in [0, 0.1) is 0 Å². The van der Waals surface area contributed by atoms with E-state index in [1.54, 1.807) is 0 Å². The van der Waals surface area contributed by atoms with Gasteiger partial charge in [-0.25, -0.2) is 10.1 Å². The summed E-state index contributed by atoms with van der Waals surface area (Å²) in [7, 11) is 0. The van der Waals surface area contributed by atoms with E-state index in [0.29, 0.717) is 19.0 Å². The van der Waals surface area contributed by atoms with Gasteiger partial charge in [0.05, 0.1) is 24.1 Å². The molecular weight excluding hydrogens is 464 g/mol. The minimum absolute atomic E-state index is 0.220. The molecule has 0 radical (unpaired) electrons. The first-order chi connectivity index (χ1) is 18.2. The SMILES string of the molecule is CCCCc1nc2cccc(CC(=O)OCC)c2n1Cc1ccc(-c2ccccc2-c2nnn[nH]2)cc1. The highest BCUT2D eigenvalue weighted by Gasteiger charge is 2.17. The number of aryl methyl sites for hydroxylation is 1. The van der Waals surface area contributed by atoms with Gasteiger partial charge in [0.2, 0.25) is 0 Å². The van der Waals surface area contributed by atoms with Crippen LogP contribution in [0.5, 0.6) is 0 Å². The Morgan fingerprint density at radius 3 is 2.51 bits per heavy atom. The van der Waals surface area contributed by atoms with Gasteiger partial charge in [-0.15, -0.1) is 5.10 Å². The maximum atomic E-state index is 12.3. The van der Waals surface area contributed by atoms with Gasteiger partial charge < -0.3 is 9.30 Å². The van der Waals surface area contributed by atoms with Crippen LogP contribution in [0.3, 0.4) is 0 Å². The number of aromatic amines is 1. The first-order valence-corrected chi connectivity index (χ1v) is 12.7. The third-order valence-corrected chi connectivity index (χ3v) is 6.46. The van der Waals surface area contributed by atoms with Crippen molar-refractivity contribution in [3.8, 4) is 22.5 Å². The minimum atomic E-state index is -0.220. The second kappa shape index (κ2) is 11.2. The maximum absolute atomic E-state index is 12.3. The Bertz CT molecular complexity index is 1490. The number of nitrogens with one attached hydrogen (secondary N) is 1. The number of benzene rings is 3. The summed E-state index contributed by atoms with van der Waals surface area (Å²) >= 11 is 0. The zero-order valence-corrected chi connectivity index (χ0v) is 21.1. The van der Waals surface area contributed by atoms with Crippen molar-refractivity contribution in [2.75, 3.05) is 6.61 Å². The molecule has 188 valence electrons. The molecule has 0 spiro atoms. The Kier molecular flexibility index (Phi) is 7.35. The topological polar surface area (TPSA) is 98.6 Å². The lowest BCUT2D eigenvalue weighted by atomic mass is 9.98. The third kappa shape index (κ3) is 5.28. The molecule has 5 rings (SSSR count). The van der Waals surface area contributed by atoms with E-state index < -0.39 is 0 Å². The average molecular weight is 495 g/mol. The van der Waals surface area contributed by atoms with Crippen LogP contribution in [0.4, 0.5) is 0 Å². The number of nitrogens with zero attached hydrogens (tertiary/aromatic N) is 5. The number of hydrogen-bond donors (Lipinski definition) is 1. The molecule has 5 aromatic rings. The number of H-pyrrole nitrogens is 1. The number of hydrogen-bond acceptors (Lipinski definition) is 6. The van der Waals surface area contributed by atoms with E-state index in [0.717, 1.165) is 63.9 Å². The number of imidazole rings is 1. The van der Waals surface area contributed by atoms with Crippen molar-refractivity contribution in [3.63, 3.8) is 0 Å². The standard InChI is InChI=1S/C29H30N6O2/c1-3-5-13-26-30-25-12-8-9-22(18-27(36)37-4-2)28(25)35(26)19-20-14-16-21(17-15-20)23-10-6-7-11-24(23)29-31-33-34-32-29/h6-12,14-17H,3-5,13,18-19H2,1-2H3,(H,31,32,33,34). The molecule has 8 heteroatoms. The number of ether oxygens (including phenoxy) is 1. The van der Waals surface area contributed by atoms with Crippen LogP contribution < -0.4 is 0 Å². The predicted octanol–water partition coefficient (Wildman–Crippen LogP) is 5.38. The van der Waals surface area contributed by atoms with Crippen molar-refractivity contribution in [2.45, 2.75) is 46.1 Å². The van der Waals surface area contributed by atoms with Gasteiger partial charge in [0.15, 0.2) is 5.82 Å². The second-order valence-electron chi connectivity index (χ2n) is 8.98. The van der Waals surface area contributed by atoms with Gasteiger partial charge in [-0.05, 0) is 52.1 Å². The van der Waals surface area contributed by atoms with E-state index in [1.807, 2.05) is 43.3 Å². The van der Waals surface area contributed by atoms with E-state index in [4.69, 9.17) is 9.72 Å². The largest absolute Gasteiger partial charge is 0.466 e. The van der Waals surface area contributed by atoms with Crippen LogP contribution >= 0.6 is 0 Å². The predicted molar refractivity (Wildman–Crippen MR) is 143 cm³/mol. The normalized spacial score (nSPS) is 11.2. The Balaban J connectivity index is 1.49. The van der Waals surface area contributed by atoms with Crippen molar-refractivity contribution in [1.29, 1.82) is 0 Å². The van der Waals surface area contributed by atoms with Gasteiger partial charge in [0, 0.05) is 18.5 Å². The van der Waals surface area contributed by atoms with E-state index in [1.165, 1.54) is 0 Å². The lowest BCUT2D eigenvalue weighted by Crippen LogP contribution is -2.10. The number of unbranched alkanes of at least 4 members (excludes halogenated alkanes) is 1. The molecule has 0 atom stereocenters. The number of aromatic nitrogens is 6. The summed E-state index contributed by atoms with van der Waals surface area (Å²) < 4.78 is 7.50. The summed E-state index contributed by atoms with van der Waals surface area (Å²) in [6.45, 7) is 5.06. The Morgan fingerprint density at radius 2 is 1.78 bits per heavy atom. The highest BCUT2D eigenvalue weighted by Crippen LogP contribution is 2.30. The summed E-state index contributed by atoms with van der Waals surface area (Å²) in [4.78, 5) is 17.3. The Morgan fingerprint density at radius 1 is 0.973 bits per heavy atom. The molecular formula is C29H30N6O2. The molecule has 2 aromatic heterocycles. The van der Waals surface area contributed by atoms with E-state index in [2.05, 4.69) is 62.4 Å². The first-order valence-electron chi connectivity index (χ1n) is 12.7. The van der Waals surface area contributed by atoms with E-state index in [9.17, 15) is 4.79 Å². The molecule has 0 saturated carbocycles. The maximum Gasteiger partial charge on any atom is 0.310 e. The molecule has 0 aliphatic rings. The fourth-order valence-electron chi connectivity index (χ4n) is 4.70. The Labute approximate surface area is 215 Å². The lowest BCUT2D eigenvalue weighted by Gasteiger charge is -2.13. The molecule has 0 saturated heterocycles. The fourth-order valence-corrected chi connectivity index (χ4v) is 4.70. The van der Waals surface area contributed by atoms with Gasteiger partial charge in [-0.3, -0.25) is 4.79 Å². The highest BCUT2D eigenvalue weighted by molar-refractivity contribution is 5.85. The summed E-state index contributed by atoms with van der Waals surface area (Å²) in [5.74, 6) is 1.46. The molecule has 3 aromatic carbocycles. The Hall–Kier alpha value is -4.33. The van der Waals surface area contributed by atoms with E-state index >= 15 is 0 Å². The van der Waals surface area contributed by atoms with Gasteiger partial charge in [0.25, 0.3) is 0 Å². The number of carbonyl (C=O) groups excluding carboxylic acids is 1. The minimum Gasteiger partial charge on any atom is -0.466 e. The molecule has 0 aliphatic carbocycles. The number of carbonyl (C=O) groups is 1. The zero-order valence-electron chi connectivity index (χ0n) is 21.1. The molecule has 0 fully saturated rings. The van der Waals surface area contributed by atoms with E-state index in [-0.39, 0.29) is 12.4 Å². The van der Waals surface area contributed by atoms with Crippen LogP contribution in [0.15, 0.2) is 66.7 Å². The molecule has 2 heterocycles. The van der Waals surface area contributed by atoms with Gasteiger partial charge in [0.1, 0.15) is 5.82 Å². The number of esters is 1. The van der Waals surface area contributed by atoms with Crippen LogP contribution in [0.2, 0.25) is 0 Å². The van der Waals surface area contributed by atoms with Gasteiger partial charge in [-0.1, -0.05) is 74.0 Å². The number of fused-ring (bicyclic) bond motifs is 1. The van der Waals surface area contributed by atoms with Gasteiger partial charge >= 0.3 is 5.97 Å². The van der Waals surface area contributed by atoms with Crippen molar-refractivity contribution < 1.29 is 9.53 Å². The number of rotatable bonds is 10. The van der Waals surface area contributed by atoms with Crippen molar-refractivity contribution in [1.82, 2.24) is 30.2 Å². The van der Waals surface area contributed by atoms with Crippen molar-refractivity contribution in [3.05, 3.63) is 83.7 Å². The summed E-state index contributed by atoms with van der Waals surface area (Å²) in [6.07, 6.45) is 3.27. The number of para-hydroxylation sites is 1. The quantitative estimate of drug-likeness (QED) is 0.262. The summed E-state index contributed by atoms with van der Waals surface area (Å²) in [6, 6.07) is 22.6. The second-order valence-corrected chi connectivity index (χ2v) is 8.98. The lowest BCUT2D eigenvalue weighted by molar-refractivity contribution is -0.142. The van der Waals surface area contributed by atoms with Crippen LogP contribution in [0.25, 0.3) is 33.5 Å². The van der Waals surface area contributed by atoms with Crippen LogP contribution in [-0.4, -0.2) is 42.8 Å². The van der Waals surface area contributed by atoms with Crippen molar-refractivity contribution in [2.24, 2.45) is 0 Å². The molecule has 0 bridgehead atoms. The highest BCUT2D eigenvalue weighted by atomic mass is 16.5. The molecule has 8 nitrogen and oxygen atoms in total. The zero-order chi connectivity index (χ0) is 25.6. The van der Waals surface area contributed by atoms with Crippen molar-refractivity contribution >= 4 is 17.0 Å². The molecule has 0 unspecified atom stereocenters. The molecule has 1 N–H and O–H groups in total. The van der Waals surface area contributed by atoms with Crippen LogP contribution in [0.1, 0.15) is 43.6 Å². The fraction of sp³-hybridized carbons (Fsp3) is 0.276. The molecule has 37 heavy (non-hydrogen) atoms. The third-order valence-electron chi connectivity index (χ3n) is 6.46. The average Bonchev–Trinajstić information content (AvgIpc) is 3.57. The molecule has 0 aliphatic heterocycles.